The van der Waals surface area contributed by atoms with E-state index in [1.54, 1.807) is 24.3 Å². The monoisotopic (exact) mass is 284 g/mol. The van der Waals surface area contributed by atoms with Crippen LogP contribution in [0.25, 0.3) is 0 Å². The zero-order chi connectivity index (χ0) is 14.4. The normalized spacial score (nSPS) is 9.80. The Hall–Kier alpha value is -2.31. The Bertz CT molecular complexity index is 662. The van der Waals surface area contributed by atoms with Crippen molar-refractivity contribution in [1.29, 1.82) is 5.26 Å². The van der Waals surface area contributed by atoms with Gasteiger partial charge in [0.2, 0.25) is 0 Å². The summed E-state index contributed by atoms with van der Waals surface area (Å²) in [5, 5.41) is 12.2. The highest BCUT2D eigenvalue weighted by Crippen LogP contribution is 2.15. The van der Waals surface area contributed by atoms with Crippen molar-refractivity contribution in [2.45, 2.75) is 13.0 Å². The van der Waals surface area contributed by atoms with Gasteiger partial charge in [-0.15, -0.1) is 0 Å². The van der Waals surface area contributed by atoms with Crippen molar-refractivity contribution in [2.24, 2.45) is 0 Å². The minimum absolute atomic E-state index is 0.198. The summed E-state index contributed by atoms with van der Waals surface area (Å²) in [6.07, 6.45) is 0.218. The molecule has 0 radical (unpaired) electrons. The Kier molecular flexibility index (Phi) is 4.75. The van der Waals surface area contributed by atoms with E-state index >= 15 is 0 Å². The predicted molar refractivity (Wildman–Crippen MR) is 78.4 cm³/mol. The summed E-state index contributed by atoms with van der Waals surface area (Å²) >= 11 is 6.04. The average molecular weight is 285 g/mol. The Morgan fingerprint density at radius 1 is 1.10 bits per heavy atom. The summed E-state index contributed by atoms with van der Waals surface area (Å²) in [5.41, 5.74) is 2.12. The average Bonchev–Trinajstić information content (AvgIpc) is 2.47. The summed E-state index contributed by atoms with van der Waals surface area (Å²) < 4.78 is 0. The highest BCUT2D eigenvalue weighted by atomic mass is 35.5. The van der Waals surface area contributed by atoms with Gasteiger partial charge < -0.3 is 5.32 Å². The molecule has 0 spiro atoms. The molecule has 0 aliphatic rings. The largest absolute Gasteiger partial charge is 0.348 e. The SMILES string of the molecule is N#CCc1ccccc1C(=O)NCc1ccccc1Cl. The Balaban J connectivity index is 2.10. The van der Waals surface area contributed by atoms with Crippen molar-refractivity contribution in [3.63, 3.8) is 0 Å². The number of carbonyl (C=O) groups excluding carboxylic acids is 1. The second-order valence-electron chi connectivity index (χ2n) is 4.27. The van der Waals surface area contributed by atoms with E-state index in [-0.39, 0.29) is 12.3 Å². The number of hydrogen-bond donors (Lipinski definition) is 1. The summed E-state index contributed by atoms with van der Waals surface area (Å²) in [7, 11) is 0. The van der Waals surface area contributed by atoms with E-state index in [9.17, 15) is 4.79 Å². The summed E-state index contributed by atoms with van der Waals surface area (Å²) in [6.45, 7) is 0.361. The fourth-order valence-corrected chi connectivity index (χ4v) is 2.10. The fourth-order valence-electron chi connectivity index (χ4n) is 1.89. The molecule has 0 atom stereocenters. The molecule has 0 heterocycles. The minimum atomic E-state index is -0.198. The Morgan fingerprint density at radius 2 is 1.75 bits per heavy atom. The lowest BCUT2D eigenvalue weighted by molar-refractivity contribution is 0.0950. The first-order valence-corrected chi connectivity index (χ1v) is 6.56. The van der Waals surface area contributed by atoms with Crippen LogP contribution in [-0.4, -0.2) is 5.91 Å². The first-order valence-electron chi connectivity index (χ1n) is 6.19. The molecule has 3 nitrogen and oxygen atoms in total. The van der Waals surface area contributed by atoms with Crippen molar-refractivity contribution in [2.75, 3.05) is 0 Å². The first-order chi connectivity index (χ1) is 9.72. The molecule has 2 aromatic carbocycles. The van der Waals surface area contributed by atoms with Crippen molar-refractivity contribution in [1.82, 2.24) is 5.32 Å². The quantitative estimate of drug-likeness (QED) is 0.936. The van der Waals surface area contributed by atoms with Crippen molar-refractivity contribution in [3.05, 3.63) is 70.2 Å². The third kappa shape index (κ3) is 3.37. The molecule has 0 aliphatic heterocycles. The highest BCUT2D eigenvalue weighted by molar-refractivity contribution is 6.31. The van der Waals surface area contributed by atoms with E-state index < -0.39 is 0 Å². The van der Waals surface area contributed by atoms with Gasteiger partial charge >= 0.3 is 0 Å². The van der Waals surface area contributed by atoms with Crippen LogP contribution in [0.2, 0.25) is 5.02 Å². The maximum Gasteiger partial charge on any atom is 0.251 e. The molecule has 0 bridgehead atoms. The number of nitrogens with zero attached hydrogens (tertiary/aromatic N) is 1. The zero-order valence-electron chi connectivity index (χ0n) is 10.8. The molecule has 4 heteroatoms. The van der Waals surface area contributed by atoms with Crippen LogP contribution in [0.1, 0.15) is 21.5 Å². The molecular weight excluding hydrogens is 272 g/mol. The molecule has 0 unspecified atom stereocenters. The first kappa shape index (κ1) is 14.1. The van der Waals surface area contributed by atoms with Crippen LogP contribution in [0, 0.1) is 11.3 Å². The number of nitrogens with one attached hydrogen (secondary N) is 1. The second-order valence-corrected chi connectivity index (χ2v) is 4.67. The van der Waals surface area contributed by atoms with Gasteiger partial charge in [-0.3, -0.25) is 4.79 Å². The van der Waals surface area contributed by atoms with E-state index in [0.717, 1.165) is 11.1 Å². The van der Waals surface area contributed by atoms with Gasteiger partial charge in [-0.1, -0.05) is 48.0 Å². The van der Waals surface area contributed by atoms with E-state index in [1.807, 2.05) is 24.3 Å². The van der Waals surface area contributed by atoms with E-state index in [1.165, 1.54) is 0 Å². The molecule has 0 aliphatic carbocycles. The van der Waals surface area contributed by atoms with Gasteiger partial charge in [-0.05, 0) is 23.3 Å². The molecule has 0 saturated carbocycles. The summed E-state index contributed by atoms with van der Waals surface area (Å²) in [4.78, 5) is 12.2. The lowest BCUT2D eigenvalue weighted by atomic mass is 10.0. The zero-order valence-corrected chi connectivity index (χ0v) is 11.5. The van der Waals surface area contributed by atoms with Crippen molar-refractivity contribution >= 4 is 17.5 Å². The number of halogens is 1. The Morgan fingerprint density at radius 3 is 2.45 bits per heavy atom. The van der Waals surface area contributed by atoms with Crippen LogP contribution in [0.5, 0.6) is 0 Å². The van der Waals surface area contributed by atoms with Crippen LogP contribution in [0.15, 0.2) is 48.5 Å². The highest BCUT2D eigenvalue weighted by Gasteiger charge is 2.10. The number of carbonyl (C=O) groups is 1. The van der Waals surface area contributed by atoms with Gasteiger partial charge in [0.05, 0.1) is 12.5 Å². The lowest BCUT2D eigenvalue weighted by Crippen LogP contribution is -2.24. The minimum Gasteiger partial charge on any atom is -0.348 e. The topological polar surface area (TPSA) is 52.9 Å². The van der Waals surface area contributed by atoms with Gasteiger partial charge in [0.15, 0.2) is 0 Å². The van der Waals surface area contributed by atoms with Crippen LogP contribution in [0.3, 0.4) is 0 Å². The molecule has 1 amide bonds. The number of benzene rings is 2. The number of nitriles is 1. The van der Waals surface area contributed by atoms with Gasteiger partial charge in [-0.25, -0.2) is 0 Å². The van der Waals surface area contributed by atoms with Gasteiger partial charge in [0, 0.05) is 17.1 Å². The van der Waals surface area contributed by atoms with Gasteiger partial charge in [0.25, 0.3) is 5.91 Å². The standard InChI is InChI=1S/C16H13ClN2O/c17-15-8-4-2-6-13(15)11-19-16(20)14-7-3-1-5-12(14)9-10-18/h1-8H,9,11H2,(H,19,20). The predicted octanol–water partition coefficient (Wildman–Crippen LogP) is 3.34. The lowest BCUT2D eigenvalue weighted by Gasteiger charge is -2.09. The van der Waals surface area contributed by atoms with Crippen LogP contribution >= 0.6 is 11.6 Å². The van der Waals surface area contributed by atoms with Crippen LogP contribution in [0.4, 0.5) is 0 Å². The summed E-state index contributed by atoms with van der Waals surface area (Å²) in [5.74, 6) is -0.198. The molecule has 0 fully saturated rings. The third-order valence-electron chi connectivity index (χ3n) is 2.93. The van der Waals surface area contributed by atoms with Crippen molar-refractivity contribution < 1.29 is 4.79 Å². The van der Waals surface area contributed by atoms with Gasteiger partial charge in [-0.2, -0.15) is 5.26 Å². The molecule has 20 heavy (non-hydrogen) atoms. The van der Waals surface area contributed by atoms with Crippen LogP contribution < -0.4 is 5.32 Å². The number of hydrogen-bond acceptors (Lipinski definition) is 2. The molecule has 2 rings (SSSR count). The van der Waals surface area contributed by atoms with E-state index in [0.29, 0.717) is 17.1 Å². The van der Waals surface area contributed by atoms with Crippen molar-refractivity contribution in [3.8, 4) is 6.07 Å². The van der Waals surface area contributed by atoms with Gasteiger partial charge in [0.1, 0.15) is 0 Å². The maximum absolute atomic E-state index is 12.2. The molecule has 1 N–H and O–H groups in total. The molecular formula is C16H13ClN2O. The number of amides is 1. The molecule has 0 aromatic heterocycles. The second kappa shape index (κ2) is 6.74. The molecule has 0 saturated heterocycles. The van der Waals surface area contributed by atoms with E-state index in [4.69, 9.17) is 16.9 Å². The van der Waals surface area contributed by atoms with E-state index in [2.05, 4.69) is 11.4 Å². The summed E-state index contributed by atoms with van der Waals surface area (Å²) in [6, 6.07) is 16.5. The number of rotatable bonds is 4. The smallest absolute Gasteiger partial charge is 0.251 e. The molecule has 100 valence electrons. The maximum atomic E-state index is 12.2. The fraction of sp³-hybridized carbons (Fsp3) is 0.125. The molecule has 2 aromatic rings. The Labute approximate surface area is 122 Å². The third-order valence-corrected chi connectivity index (χ3v) is 3.30. The van der Waals surface area contributed by atoms with Crippen LogP contribution in [-0.2, 0) is 13.0 Å².